The summed E-state index contributed by atoms with van der Waals surface area (Å²) in [5.41, 5.74) is 3.39. The highest BCUT2D eigenvalue weighted by Crippen LogP contribution is 2.32. The molecule has 0 saturated carbocycles. The molecule has 0 saturated heterocycles. The van der Waals surface area contributed by atoms with Crippen LogP contribution < -0.4 is 0 Å². The molecule has 0 unspecified atom stereocenters. The predicted molar refractivity (Wildman–Crippen MR) is 123 cm³/mol. The number of ketones is 3. The molecule has 154 valence electrons. The van der Waals surface area contributed by atoms with E-state index in [4.69, 9.17) is 0 Å². The van der Waals surface area contributed by atoms with Crippen molar-refractivity contribution in [1.82, 2.24) is 0 Å². The number of rotatable bonds is 0. The molecule has 0 aliphatic heterocycles. The Morgan fingerprint density at radius 3 is 1.84 bits per heavy atom. The molecular formula is C28H18O4. The van der Waals surface area contributed by atoms with Crippen LogP contribution >= 0.6 is 0 Å². The van der Waals surface area contributed by atoms with Crippen molar-refractivity contribution in [3.05, 3.63) is 124 Å². The molecule has 1 aromatic carbocycles. The number of phenols is 1. The van der Waals surface area contributed by atoms with Gasteiger partial charge in [0.1, 0.15) is 5.75 Å². The molecule has 1 N–H and O–H groups in total. The van der Waals surface area contributed by atoms with Crippen molar-refractivity contribution in [3.63, 3.8) is 0 Å². The Morgan fingerprint density at radius 1 is 0.625 bits per heavy atom. The van der Waals surface area contributed by atoms with Gasteiger partial charge in [-0.05, 0) is 30.7 Å². The molecule has 0 radical (unpaired) electrons. The zero-order chi connectivity index (χ0) is 22.2. The zero-order valence-corrected chi connectivity index (χ0v) is 17.0. The second-order valence-electron chi connectivity index (χ2n) is 7.81. The molecule has 4 aliphatic carbocycles. The van der Waals surface area contributed by atoms with Crippen LogP contribution in [0.5, 0.6) is 5.75 Å². The Balaban J connectivity index is 1.76. The van der Waals surface area contributed by atoms with E-state index < -0.39 is 0 Å². The van der Waals surface area contributed by atoms with E-state index in [1.807, 2.05) is 6.08 Å². The van der Waals surface area contributed by atoms with Gasteiger partial charge in [-0.2, -0.15) is 0 Å². The molecule has 0 aromatic heterocycles. The van der Waals surface area contributed by atoms with Crippen LogP contribution in [0.1, 0.15) is 17.5 Å². The van der Waals surface area contributed by atoms with Gasteiger partial charge in [0.25, 0.3) is 0 Å². The Kier molecular flexibility index (Phi) is 4.75. The fourth-order valence-corrected chi connectivity index (χ4v) is 4.01. The largest absolute Gasteiger partial charge is 0.507 e. The van der Waals surface area contributed by atoms with Gasteiger partial charge in [-0.1, -0.05) is 66.8 Å². The highest BCUT2D eigenvalue weighted by atomic mass is 16.3. The molecule has 8 bridgehead atoms. The van der Waals surface area contributed by atoms with Crippen molar-refractivity contribution in [2.24, 2.45) is 0 Å². The van der Waals surface area contributed by atoms with Crippen molar-refractivity contribution < 1.29 is 19.5 Å². The number of allylic oxidation sites excluding steroid dienone is 16. The monoisotopic (exact) mass is 418 g/mol. The molecular weight excluding hydrogens is 400 g/mol. The third-order valence-corrected chi connectivity index (χ3v) is 5.70. The minimum atomic E-state index is -0.249. The minimum Gasteiger partial charge on any atom is -0.507 e. The van der Waals surface area contributed by atoms with Crippen LogP contribution in [0, 0.1) is 0 Å². The van der Waals surface area contributed by atoms with Gasteiger partial charge >= 0.3 is 0 Å². The van der Waals surface area contributed by atoms with Gasteiger partial charge in [0, 0.05) is 44.6 Å². The number of para-hydroxylation sites is 1. The number of carbonyl (C=O) groups excluding carboxylic acids is 3. The van der Waals surface area contributed by atoms with E-state index in [1.165, 1.54) is 0 Å². The van der Waals surface area contributed by atoms with Gasteiger partial charge in [-0.25, -0.2) is 0 Å². The Morgan fingerprint density at radius 2 is 1.19 bits per heavy atom. The first-order valence-electron chi connectivity index (χ1n) is 10.3. The Labute approximate surface area is 185 Å². The Hall–Kier alpha value is -4.31. The molecule has 32 heavy (non-hydrogen) atoms. The summed E-state index contributed by atoms with van der Waals surface area (Å²) in [6.45, 7) is 0. The van der Waals surface area contributed by atoms with Crippen LogP contribution in [0.15, 0.2) is 112 Å². The van der Waals surface area contributed by atoms with Gasteiger partial charge in [0.15, 0.2) is 17.3 Å². The number of benzene rings is 1. The smallest absolute Gasteiger partial charge is 0.193 e. The lowest BCUT2D eigenvalue weighted by atomic mass is 9.87. The molecule has 0 heterocycles. The van der Waals surface area contributed by atoms with E-state index in [-0.39, 0.29) is 23.1 Å². The summed E-state index contributed by atoms with van der Waals surface area (Å²) in [6, 6.07) is 5.21. The summed E-state index contributed by atoms with van der Waals surface area (Å²) in [5, 5.41) is 10.8. The fraction of sp³-hybridized carbons (Fsp3) is 0.0357. The number of phenolic OH excluding ortho intramolecular Hbond substituents is 1. The molecule has 0 spiro atoms. The van der Waals surface area contributed by atoms with Crippen molar-refractivity contribution in [2.45, 2.75) is 6.42 Å². The average Bonchev–Trinajstić information content (AvgIpc) is 2.78. The molecule has 4 aliphatic rings. The van der Waals surface area contributed by atoms with Gasteiger partial charge in [0.2, 0.25) is 0 Å². The molecule has 0 atom stereocenters. The summed E-state index contributed by atoms with van der Waals surface area (Å²) < 4.78 is 0. The highest BCUT2D eigenvalue weighted by molar-refractivity contribution is 6.20. The average molecular weight is 418 g/mol. The van der Waals surface area contributed by atoms with Crippen LogP contribution in [0.2, 0.25) is 0 Å². The van der Waals surface area contributed by atoms with Gasteiger partial charge < -0.3 is 5.11 Å². The lowest BCUT2D eigenvalue weighted by Gasteiger charge is -2.15. The zero-order valence-electron chi connectivity index (χ0n) is 17.0. The molecule has 0 fully saturated rings. The van der Waals surface area contributed by atoms with Gasteiger partial charge in [0.05, 0.1) is 0 Å². The first-order valence-corrected chi connectivity index (χ1v) is 10.3. The second-order valence-corrected chi connectivity index (χ2v) is 7.81. The summed E-state index contributed by atoms with van der Waals surface area (Å²) in [7, 11) is 0. The molecule has 5 rings (SSSR count). The summed E-state index contributed by atoms with van der Waals surface area (Å²) in [5.74, 6) is -0.669. The maximum Gasteiger partial charge on any atom is 0.193 e. The fourth-order valence-electron chi connectivity index (χ4n) is 4.01. The number of hydrogen-bond acceptors (Lipinski definition) is 4. The van der Waals surface area contributed by atoms with E-state index in [2.05, 4.69) is 0 Å². The number of fused-ring (bicyclic) bond motifs is 8. The maximum atomic E-state index is 13.1. The van der Waals surface area contributed by atoms with Crippen molar-refractivity contribution in [3.8, 4) is 5.75 Å². The van der Waals surface area contributed by atoms with E-state index in [1.54, 1.807) is 85.0 Å². The van der Waals surface area contributed by atoms with E-state index in [0.717, 1.165) is 0 Å². The number of carbonyl (C=O) groups is 3. The molecule has 4 heteroatoms. The summed E-state index contributed by atoms with van der Waals surface area (Å²) in [4.78, 5) is 39.2. The van der Waals surface area contributed by atoms with Crippen molar-refractivity contribution in [2.75, 3.05) is 0 Å². The molecule has 4 nitrogen and oxygen atoms in total. The lowest BCUT2D eigenvalue weighted by Crippen LogP contribution is -2.13. The third-order valence-electron chi connectivity index (χ3n) is 5.70. The molecule has 0 amide bonds. The van der Waals surface area contributed by atoms with E-state index in [0.29, 0.717) is 51.0 Å². The second kappa shape index (κ2) is 7.75. The topological polar surface area (TPSA) is 71.4 Å². The predicted octanol–water partition coefficient (Wildman–Crippen LogP) is 4.69. The summed E-state index contributed by atoms with van der Waals surface area (Å²) in [6.07, 6.45) is 20.6. The van der Waals surface area contributed by atoms with Crippen LogP contribution in [0.3, 0.4) is 0 Å². The number of aromatic hydroxyl groups is 1. The lowest BCUT2D eigenvalue weighted by molar-refractivity contribution is -0.112. The van der Waals surface area contributed by atoms with Crippen LogP contribution in [0.4, 0.5) is 0 Å². The van der Waals surface area contributed by atoms with Gasteiger partial charge in [-0.15, -0.1) is 0 Å². The maximum absolute atomic E-state index is 13.1. The highest BCUT2D eigenvalue weighted by Gasteiger charge is 2.23. The number of hydrogen-bond donors (Lipinski definition) is 1. The van der Waals surface area contributed by atoms with Crippen molar-refractivity contribution in [1.29, 1.82) is 0 Å². The van der Waals surface area contributed by atoms with Crippen LogP contribution in [-0.4, -0.2) is 22.5 Å². The quantitative estimate of drug-likeness (QED) is 0.664. The number of Topliss-reactive ketones (excluding diaryl/α,β-unsaturated/α-hetero) is 3. The van der Waals surface area contributed by atoms with Gasteiger partial charge in [-0.3, -0.25) is 14.4 Å². The molecule has 1 aromatic rings. The first kappa shape index (κ1) is 19.6. The summed E-state index contributed by atoms with van der Waals surface area (Å²) >= 11 is 0. The Bertz CT molecular complexity index is 1380. The SMILES string of the molecule is O=C1C2=CC=CC1=CC1=CC=CC(=Cc3cccc(c3O)C=C3CC=CC(=C2)C3=O)C1=O. The van der Waals surface area contributed by atoms with E-state index in [9.17, 15) is 19.5 Å². The van der Waals surface area contributed by atoms with E-state index >= 15 is 0 Å². The van der Waals surface area contributed by atoms with Crippen LogP contribution in [0.25, 0.3) is 12.2 Å². The normalized spacial score (nSPS) is 19.6. The third kappa shape index (κ3) is 3.42. The standard InChI is InChI=1S/C28H18O4/c29-25-17-5-1-6-18(25)14-20-8-3-10-22(27(20)31)16-24-12-4-11-23(28(24)32)15-21-9-2-7-19(13-17)26(21)30/h1-11,13-16,31H,12H2. The minimum absolute atomic E-state index is 0.000762. The first-order chi connectivity index (χ1) is 15.5. The van der Waals surface area contributed by atoms with Crippen molar-refractivity contribution >= 4 is 29.5 Å². The van der Waals surface area contributed by atoms with Crippen LogP contribution in [-0.2, 0) is 14.4 Å².